The van der Waals surface area contributed by atoms with Crippen LogP contribution < -0.4 is 10.6 Å². The summed E-state index contributed by atoms with van der Waals surface area (Å²) in [5, 5.41) is 8.71. The van der Waals surface area contributed by atoms with Crippen molar-refractivity contribution in [2.75, 3.05) is 18.9 Å². The number of carbonyl (C=O) groups excluding carboxylic acids is 2. The molecule has 7 heteroatoms. The number of anilines is 1. The second-order valence-electron chi connectivity index (χ2n) is 6.71. The number of hydrogen-bond donors (Lipinski definition) is 2. The third kappa shape index (κ3) is 5.87. The Morgan fingerprint density at radius 1 is 1.26 bits per heavy atom. The molecule has 2 N–H and O–H groups in total. The van der Waals surface area contributed by atoms with Crippen LogP contribution in [0.4, 0.5) is 5.69 Å². The topological polar surface area (TPSA) is 74.3 Å². The maximum absolute atomic E-state index is 12.4. The number of hydrogen-bond acceptors (Lipinski definition) is 5. The maximum Gasteiger partial charge on any atom is 0.243 e. The van der Waals surface area contributed by atoms with E-state index in [4.69, 9.17) is 0 Å². The molecule has 0 saturated carbocycles. The second kappa shape index (κ2) is 9.62. The maximum atomic E-state index is 12.4. The molecule has 6 nitrogen and oxygen atoms in total. The molecule has 1 heterocycles. The largest absolute Gasteiger partial charge is 0.346 e. The molecule has 0 aliphatic rings. The van der Waals surface area contributed by atoms with Crippen molar-refractivity contribution < 1.29 is 9.59 Å². The molecule has 1 aromatic carbocycles. The Bertz CT molecular complexity index is 783. The van der Waals surface area contributed by atoms with Gasteiger partial charge >= 0.3 is 0 Å². The summed E-state index contributed by atoms with van der Waals surface area (Å²) in [5.41, 5.74) is 3.76. The molecule has 0 bridgehead atoms. The van der Waals surface area contributed by atoms with Crippen LogP contribution in [0.1, 0.15) is 35.7 Å². The Kier molecular flexibility index (Phi) is 7.50. The molecule has 146 valence electrons. The Hall–Kier alpha value is -2.25. The van der Waals surface area contributed by atoms with Gasteiger partial charge in [0.05, 0.1) is 23.3 Å². The molecule has 1 unspecified atom stereocenters. The minimum absolute atomic E-state index is 0.0541. The molecule has 0 radical (unpaired) electrons. The number of rotatable bonds is 8. The average Bonchev–Trinajstić information content (AvgIpc) is 3.09. The highest BCUT2D eigenvalue weighted by atomic mass is 32.1. The number of benzene rings is 1. The summed E-state index contributed by atoms with van der Waals surface area (Å²) in [5.74, 6) is -0.414. The van der Waals surface area contributed by atoms with Gasteiger partial charge in [0, 0.05) is 17.6 Å². The third-order valence-electron chi connectivity index (χ3n) is 4.52. The van der Waals surface area contributed by atoms with Crippen LogP contribution in [0.2, 0.25) is 0 Å². The van der Waals surface area contributed by atoms with Crippen molar-refractivity contribution in [3.05, 3.63) is 45.4 Å². The monoisotopic (exact) mass is 388 g/mol. The lowest BCUT2D eigenvalue weighted by Crippen LogP contribution is -2.45. The Balaban J connectivity index is 1.83. The first-order valence-electron chi connectivity index (χ1n) is 9.09. The van der Waals surface area contributed by atoms with E-state index in [0.29, 0.717) is 6.54 Å². The first kappa shape index (κ1) is 21.1. The first-order valence-corrected chi connectivity index (χ1v) is 9.97. The van der Waals surface area contributed by atoms with Crippen LogP contribution in [-0.4, -0.2) is 41.3 Å². The van der Waals surface area contributed by atoms with Gasteiger partial charge in [-0.1, -0.05) is 25.1 Å². The average molecular weight is 389 g/mol. The van der Waals surface area contributed by atoms with Gasteiger partial charge in [-0.05, 0) is 45.4 Å². The Labute approximate surface area is 165 Å². The molecule has 27 heavy (non-hydrogen) atoms. The molecule has 0 saturated heterocycles. The lowest BCUT2D eigenvalue weighted by molar-refractivity contribution is -0.127. The van der Waals surface area contributed by atoms with Gasteiger partial charge in [-0.3, -0.25) is 14.5 Å². The van der Waals surface area contributed by atoms with E-state index in [2.05, 4.69) is 22.5 Å². The zero-order valence-electron chi connectivity index (χ0n) is 16.6. The summed E-state index contributed by atoms with van der Waals surface area (Å²) >= 11 is 1.64. The van der Waals surface area contributed by atoms with Gasteiger partial charge < -0.3 is 10.6 Å². The van der Waals surface area contributed by atoms with Gasteiger partial charge in [-0.25, -0.2) is 4.98 Å². The van der Waals surface area contributed by atoms with E-state index >= 15 is 0 Å². The summed E-state index contributed by atoms with van der Waals surface area (Å²) < 4.78 is 0. The fourth-order valence-corrected chi connectivity index (χ4v) is 3.42. The molecular formula is C20H28N4O2S. The molecular weight excluding hydrogens is 360 g/mol. The van der Waals surface area contributed by atoms with Gasteiger partial charge in [0.25, 0.3) is 0 Å². The lowest BCUT2D eigenvalue weighted by atomic mass is 10.1. The van der Waals surface area contributed by atoms with Gasteiger partial charge in [-0.2, -0.15) is 0 Å². The van der Waals surface area contributed by atoms with E-state index in [-0.39, 0.29) is 24.4 Å². The van der Waals surface area contributed by atoms with Crippen molar-refractivity contribution >= 4 is 28.8 Å². The number of aryl methyl sites for hydroxylation is 3. The fourth-order valence-electron chi connectivity index (χ4n) is 2.69. The predicted molar refractivity (Wildman–Crippen MR) is 110 cm³/mol. The second-order valence-corrected chi connectivity index (χ2v) is 7.65. The van der Waals surface area contributed by atoms with Crippen LogP contribution >= 0.6 is 11.3 Å². The smallest absolute Gasteiger partial charge is 0.243 e. The highest BCUT2D eigenvalue weighted by Crippen LogP contribution is 2.19. The lowest BCUT2D eigenvalue weighted by Gasteiger charge is -2.23. The Morgan fingerprint density at radius 3 is 2.52 bits per heavy atom. The predicted octanol–water partition coefficient (Wildman–Crippen LogP) is 2.90. The number of nitrogens with one attached hydrogen (secondary N) is 2. The third-order valence-corrected chi connectivity index (χ3v) is 5.56. The van der Waals surface area contributed by atoms with Crippen molar-refractivity contribution in [1.82, 2.24) is 15.2 Å². The molecule has 1 atom stereocenters. The van der Waals surface area contributed by atoms with Gasteiger partial charge in [-0.15, -0.1) is 11.3 Å². The quantitative estimate of drug-likeness (QED) is 0.729. The summed E-state index contributed by atoms with van der Waals surface area (Å²) in [6, 6.07) is 5.48. The number of nitrogens with zero attached hydrogens (tertiary/aromatic N) is 2. The van der Waals surface area contributed by atoms with Gasteiger partial charge in [0.2, 0.25) is 11.8 Å². The minimum Gasteiger partial charge on any atom is -0.346 e. The molecule has 0 aliphatic heterocycles. The first-order chi connectivity index (χ1) is 12.8. The van der Waals surface area contributed by atoms with Crippen molar-refractivity contribution in [1.29, 1.82) is 0 Å². The number of amides is 2. The van der Waals surface area contributed by atoms with Crippen molar-refractivity contribution in [2.45, 2.75) is 46.7 Å². The SMILES string of the molecule is CCc1nc(CN(C)C(C)C(=O)NCC(=O)Nc2c(C)cccc2C)cs1. The van der Waals surface area contributed by atoms with E-state index in [0.717, 1.165) is 33.9 Å². The van der Waals surface area contributed by atoms with Crippen molar-refractivity contribution in [2.24, 2.45) is 0 Å². The summed E-state index contributed by atoms with van der Waals surface area (Å²) in [6.45, 7) is 8.33. The molecule has 0 spiro atoms. The number of likely N-dealkylation sites (N-methyl/N-ethyl adjacent to an activating group) is 1. The normalized spacial score (nSPS) is 12.1. The number of para-hydroxylation sites is 1. The van der Waals surface area contributed by atoms with E-state index < -0.39 is 0 Å². The fraction of sp³-hybridized carbons (Fsp3) is 0.450. The van der Waals surface area contributed by atoms with Crippen LogP contribution in [0.3, 0.4) is 0 Å². The van der Waals surface area contributed by atoms with Gasteiger partial charge in [0.1, 0.15) is 0 Å². The number of aromatic nitrogens is 1. The van der Waals surface area contributed by atoms with Crippen molar-refractivity contribution in [3.8, 4) is 0 Å². The van der Waals surface area contributed by atoms with Crippen LogP contribution in [0.25, 0.3) is 0 Å². The summed E-state index contributed by atoms with van der Waals surface area (Å²) in [7, 11) is 1.88. The molecule has 2 aromatic rings. The van der Waals surface area contributed by atoms with E-state index in [1.807, 2.05) is 56.3 Å². The molecule has 2 rings (SSSR count). The summed E-state index contributed by atoms with van der Waals surface area (Å²) in [6.07, 6.45) is 0.917. The van der Waals surface area contributed by atoms with E-state index in [1.165, 1.54) is 0 Å². The zero-order valence-corrected chi connectivity index (χ0v) is 17.4. The van der Waals surface area contributed by atoms with Gasteiger partial charge in [0.15, 0.2) is 0 Å². The number of thiazole rings is 1. The highest BCUT2D eigenvalue weighted by Gasteiger charge is 2.19. The molecule has 0 fully saturated rings. The van der Waals surface area contributed by atoms with Crippen LogP contribution in [0.15, 0.2) is 23.6 Å². The molecule has 1 aromatic heterocycles. The highest BCUT2D eigenvalue weighted by molar-refractivity contribution is 7.09. The van der Waals surface area contributed by atoms with E-state index in [1.54, 1.807) is 11.3 Å². The molecule has 0 aliphatic carbocycles. The minimum atomic E-state index is -0.357. The Morgan fingerprint density at radius 2 is 1.93 bits per heavy atom. The number of carbonyl (C=O) groups is 2. The van der Waals surface area contributed by atoms with Crippen LogP contribution in [-0.2, 0) is 22.6 Å². The van der Waals surface area contributed by atoms with Crippen molar-refractivity contribution in [3.63, 3.8) is 0 Å². The van der Waals surface area contributed by atoms with Crippen LogP contribution in [0, 0.1) is 13.8 Å². The van der Waals surface area contributed by atoms with E-state index in [9.17, 15) is 9.59 Å². The van der Waals surface area contributed by atoms with Crippen LogP contribution in [0.5, 0.6) is 0 Å². The summed E-state index contributed by atoms with van der Waals surface area (Å²) in [4.78, 5) is 31.0. The standard InChI is InChI=1S/C20H28N4O2S/c1-6-18-22-16(12-27-18)11-24(5)15(4)20(26)21-10-17(25)23-19-13(2)8-7-9-14(19)3/h7-9,12,15H,6,10-11H2,1-5H3,(H,21,26)(H,23,25). The molecule has 2 amide bonds. The zero-order chi connectivity index (χ0) is 20.0.